The van der Waals surface area contributed by atoms with E-state index in [2.05, 4.69) is 33.1 Å². The van der Waals surface area contributed by atoms with Gasteiger partial charge in [-0.3, -0.25) is 24.7 Å². The number of nitrogens with zero attached hydrogens (tertiary/aromatic N) is 3. The molecule has 1 aromatic carbocycles. The third-order valence-corrected chi connectivity index (χ3v) is 6.29. The van der Waals surface area contributed by atoms with Crippen molar-refractivity contribution in [1.82, 2.24) is 20.0 Å². The smallest absolute Gasteiger partial charge is 0.234 e. The van der Waals surface area contributed by atoms with Crippen LogP contribution in [0.2, 0.25) is 0 Å². The SMILES string of the molecule is CN1CCN(CCOc2ccccc2CN2CC[C@]3(CC(=O)NC3=O)C2)CC1. The third kappa shape index (κ3) is 4.21. The summed E-state index contributed by atoms with van der Waals surface area (Å²) < 4.78 is 6.12. The van der Waals surface area contributed by atoms with Crippen LogP contribution in [0.15, 0.2) is 24.3 Å². The fraction of sp³-hybridized carbons (Fsp3) is 0.619. The van der Waals surface area contributed by atoms with Gasteiger partial charge in [0.2, 0.25) is 11.8 Å². The molecular weight excluding hydrogens is 356 g/mol. The first-order valence-corrected chi connectivity index (χ1v) is 10.2. The van der Waals surface area contributed by atoms with E-state index < -0.39 is 5.41 Å². The summed E-state index contributed by atoms with van der Waals surface area (Å²) in [4.78, 5) is 30.9. The van der Waals surface area contributed by atoms with Crippen molar-refractivity contribution in [2.45, 2.75) is 19.4 Å². The molecule has 1 aromatic rings. The maximum absolute atomic E-state index is 12.2. The fourth-order valence-electron chi connectivity index (χ4n) is 4.49. The molecule has 152 valence electrons. The van der Waals surface area contributed by atoms with Crippen LogP contribution in [-0.4, -0.2) is 86.0 Å². The molecule has 3 saturated heterocycles. The minimum absolute atomic E-state index is 0.100. The lowest BCUT2D eigenvalue weighted by Crippen LogP contribution is -2.45. The summed E-state index contributed by atoms with van der Waals surface area (Å²) in [6.45, 7) is 8.26. The van der Waals surface area contributed by atoms with Crippen LogP contribution in [0.4, 0.5) is 0 Å². The van der Waals surface area contributed by atoms with Gasteiger partial charge in [-0.1, -0.05) is 18.2 Å². The van der Waals surface area contributed by atoms with Crippen molar-refractivity contribution in [3.63, 3.8) is 0 Å². The van der Waals surface area contributed by atoms with Gasteiger partial charge in [0, 0.05) is 57.8 Å². The second-order valence-corrected chi connectivity index (χ2v) is 8.40. The van der Waals surface area contributed by atoms with Gasteiger partial charge in [-0.25, -0.2) is 0 Å². The van der Waals surface area contributed by atoms with Crippen molar-refractivity contribution in [2.24, 2.45) is 5.41 Å². The average molecular weight is 386 g/mol. The van der Waals surface area contributed by atoms with Crippen molar-refractivity contribution in [1.29, 1.82) is 0 Å². The van der Waals surface area contributed by atoms with Crippen molar-refractivity contribution in [2.75, 3.05) is 59.5 Å². The lowest BCUT2D eigenvalue weighted by atomic mass is 9.85. The Balaban J connectivity index is 1.31. The Bertz CT molecular complexity index is 732. The van der Waals surface area contributed by atoms with Crippen molar-refractivity contribution in [3.8, 4) is 5.75 Å². The summed E-state index contributed by atoms with van der Waals surface area (Å²) in [6, 6.07) is 8.15. The van der Waals surface area contributed by atoms with Crippen LogP contribution in [0.25, 0.3) is 0 Å². The molecule has 0 radical (unpaired) electrons. The minimum atomic E-state index is -0.520. The van der Waals surface area contributed by atoms with Crippen LogP contribution in [0.1, 0.15) is 18.4 Å². The Kier molecular flexibility index (Phi) is 5.66. The number of nitrogens with one attached hydrogen (secondary N) is 1. The van der Waals surface area contributed by atoms with Crippen LogP contribution < -0.4 is 10.1 Å². The number of para-hydroxylation sites is 1. The number of rotatable bonds is 6. The van der Waals surface area contributed by atoms with Crippen LogP contribution >= 0.6 is 0 Å². The third-order valence-electron chi connectivity index (χ3n) is 6.29. The van der Waals surface area contributed by atoms with E-state index in [-0.39, 0.29) is 11.8 Å². The van der Waals surface area contributed by atoms with E-state index in [1.807, 2.05) is 18.2 Å². The van der Waals surface area contributed by atoms with Gasteiger partial charge in [0.15, 0.2) is 0 Å². The Morgan fingerprint density at radius 2 is 1.86 bits per heavy atom. The van der Waals surface area contributed by atoms with Crippen LogP contribution in [-0.2, 0) is 16.1 Å². The number of carbonyl (C=O) groups is 2. The number of hydrogen-bond donors (Lipinski definition) is 1. The lowest BCUT2D eigenvalue weighted by Gasteiger charge is -2.32. The topological polar surface area (TPSA) is 65.1 Å². The highest BCUT2D eigenvalue weighted by atomic mass is 16.5. The van der Waals surface area contributed by atoms with Crippen LogP contribution in [0.5, 0.6) is 5.75 Å². The minimum Gasteiger partial charge on any atom is -0.492 e. The highest BCUT2D eigenvalue weighted by Gasteiger charge is 2.50. The molecule has 3 aliphatic heterocycles. The van der Waals surface area contributed by atoms with E-state index in [1.54, 1.807) is 0 Å². The molecule has 0 saturated carbocycles. The van der Waals surface area contributed by atoms with E-state index >= 15 is 0 Å². The molecule has 0 aromatic heterocycles. The number of piperazine rings is 1. The molecule has 7 heteroatoms. The van der Waals surface area contributed by atoms with Crippen molar-refractivity contribution >= 4 is 11.8 Å². The highest BCUT2D eigenvalue weighted by Crippen LogP contribution is 2.38. The summed E-state index contributed by atoms with van der Waals surface area (Å²) in [7, 11) is 2.16. The quantitative estimate of drug-likeness (QED) is 0.721. The summed E-state index contributed by atoms with van der Waals surface area (Å²) in [5, 5.41) is 2.47. The number of likely N-dealkylation sites (tertiary alicyclic amines) is 1. The predicted octanol–water partition coefficient (Wildman–Crippen LogP) is 0.551. The molecule has 28 heavy (non-hydrogen) atoms. The number of benzene rings is 1. The Hall–Kier alpha value is -1.96. The van der Waals surface area contributed by atoms with Crippen LogP contribution in [0.3, 0.4) is 0 Å². The van der Waals surface area contributed by atoms with Gasteiger partial charge in [0.25, 0.3) is 0 Å². The number of carbonyl (C=O) groups excluding carboxylic acids is 2. The monoisotopic (exact) mass is 386 g/mol. The van der Waals surface area contributed by atoms with Gasteiger partial charge in [-0.15, -0.1) is 0 Å². The lowest BCUT2D eigenvalue weighted by molar-refractivity contribution is -0.128. The zero-order valence-electron chi connectivity index (χ0n) is 16.7. The van der Waals surface area contributed by atoms with Gasteiger partial charge in [-0.2, -0.15) is 0 Å². The van der Waals surface area contributed by atoms with Crippen molar-refractivity contribution in [3.05, 3.63) is 29.8 Å². The molecule has 4 rings (SSSR count). The van der Waals surface area contributed by atoms with Gasteiger partial charge >= 0.3 is 0 Å². The molecule has 0 unspecified atom stereocenters. The Labute approximate surface area is 166 Å². The van der Waals surface area contributed by atoms with E-state index in [1.165, 1.54) is 0 Å². The van der Waals surface area contributed by atoms with E-state index in [0.717, 1.165) is 63.5 Å². The molecule has 7 nitrogen and oxygen atoms in total. The highest BCUT2D eigenvalue weighted by molar-refractivity contribution is 6.06. The molecule has 2 amide bonds. The maximum Gasteiger partial charge on any atom is 0.234 e. The number of imide groups is 1. The number of hydrogen-bond acceptors (Lipinski definition) is 6. The van der Waals surface area contributed by atoms with E-state index in [4.69, 9.17) is 4.74 Å². The normalized spacial score (nSPS) is 26.9. The number of amides is 2. The molecule has 3 heterocycles. The Morgan fingerprint density at radius 3 is 2.61 bits per heavy atom. The van der Waals surface area contributed by atoms with Gasteiger partial charge in [0.1, 0.15) is 12.4 Å². The molecular formula is C21H30N4O3. The second kappa shape index (κ2) is 8.19. The molecule has 0 bridgehead atoms. The van der Waals surface area contributed by atoms with E-state index in [0.29, 0.717) is 19.6 Å². The fourth-order valence-corrected chi connectivity index (χ4v) is 4.49. The standard InChI is InChI=1S/C21H30N4O3/c1-23-8-10-24(11-9-23)12-13-28-18-5-3-2-4-17(18)15-25-7-6-21(16-25)14-19(26)22-20(21)27/h2-5H,6-16H2,1H3,(H,22,26,27)/t21-/m0/s1. The van der Waals surface area contributed by atoms with Gasteiger partial charge in [0.05, 0.1) is 5.41 Å². The second-order valence-electron chi connectivity index (χ2n) is 8.40. The first-order chi connectivity index (χ1) is 13.5. The maximum atomic E-state index is 12.2. The average Bonchev–Trinajstić information content (AvgIpc) is 3.20. The molecule has 0 aliphatic carbocycles. The van der Waals surface area contributed by atoms with Crippen LogP contribution in [0, 0.1) is 5.41 Å². The summed E-state index contributed by atoms with van der Waals surface area (Å²) in [5.74, 6) is 0.681. The molecule has 1 N–H and O–H groups in total. The first kappa shape index (κ1) is 19.4. The number of ether oxygens (including phenoxy) is 1. The molecule has 1 spiro atoms. The zero-order valence-corrected chi connectivity index (χ0v) is 16.7. The van der Waals surface area contributed by atoms with E-state index in [9.17, 15) is 9.59 Å². The predicted molar refractivity (Wildman–Crippen MR) is 106 cm³/mol. The zero-order chi connectivity index (χ0) is 19.6. The van der Waals surface area contributed by atoms with Gasteiger partial charge in [-0.05, 0) is 26.1 Å². The largest absolute Gasteiger partial charge is 0.492 e. The van der Waals surface area contributed by atoms with Crippen molar-refractivity contribution < 1.29 is 14.3 Å². The van der Waals surface area contributed by atoms with Gasteiger partial charge < -0.3 is 9.64 Å². The molecule has 3 aliphatic rings. The summed E-state index contributed by atoms with van der Waals surface area (Å²) >= 11 is 0. The summed E-state index contributed by atoms with van der Waals surface area (Å²) in [5.41, 5.74) is 0.622. The molecule has 3 fully saturated rings. The number of likely N-dealkylation sites (N-methyl/N-ethyl adjacent to an activating group) is 1. The molecule has 1 atom stereocenters. The Morgan fingerprint density at radius 1 is 1.07 bits per heavy atom. The summed E-state index contributed by atoms with van der Waals surface area (Å²) in [6.07, 6.45) is 1.07. The first-order valence-electron chi connectivity index (χ1n) is 10.2.